The van der Waals surface area contributed by atoms with Crippen LogP contribution in [0.1, 0.15) is 11.4 Å². The van der Waals surface area contributed by atoms with Crippen molar-refractivity contribution in [3.63, 3.8) is 0 Å². The molecule has 0 atom stereocenters. The third-order valence-corrected chi connectivity index (χ3v) is 5.46. The summed E-state index contributed by atoms with van der Waals surface area (Å²) >= 11 is 3.01. The molecule has 0 amide bonds. The number of aryl methyl sites for hydroxylation is 1. The summed E-state index contributed by atoms with van der Waals surface area (Å²) in [7, 11) is 0. The van der Waals surface area contributed by atoms with Crippen LogP contribution in [0.5, 0.6) is 0 Å². The molecule has 0 saturated heterocycles. The standard InChI is InChI=1S/C10H8FNOS.C10H8FNS.CO2/c11-8-3-1-7(2-4-8)10-12-9(5-13)6-14-10;1-7-6-13-10(12-7)8-2-4-9(11)5-3-8;2-1-3/h1-4,6,13H,5H2;2-6H,1H3;. The largest absolute Gasteiger partial charge is 0.390 e. The number of carbonyl (C=O) groups excluding carboxylic acids is 2. The van der Waals surface area contributed by atoms with Gasteiger partial charge in [0.15, 0.2) is 0 Å². The van der Waals surface area contributed by atoms with Crippen molar-refractivity contribution in [2.75, 3.05) is 0 Å². The van der Waals surface area contributed by atoms with E-state index in [0.717, 1.165) is 26.8 Å². The van der Waals surface area contributed by atoms with Gasteiger partial charge in [0.2, 0.25) is 0 Å². The first-order valence-corrected chi connectivity index (χ1v) is 10.2. The maximum atomic E-state index is 12.6. The Morgan fingerprint density at radius 2 is 1.27 bits per heavy atom. The quantitative estimate of drug-likeness (QED) is 0.473. The maximum Gasteiger partial charge on any atom is 0.373 e. The molecule has 9 heteroatoms. The van der Waals surface area contributed by atoms with E-state index >= 15 is 0 Å². The highest BCUT2D eigenvalue weighted by Crippen LogP contribution is 2.24. The lowest BCUT2D eigenvalue weighted by Gasteiger charge is -1.94. The number of rotatable bonds is 3. The average Bonchev–Trinajstić information content (AvgIpc) is 3.39. The van der Waals surface area contributed by atoms with E-state index in [2.05, 4.69) is 9.97 Å². The van der Waals surface area contributed by atoms with Gasteiger partial charge in [-0.25, -0.2) is 18.7 Å². The fourth-order valence-corrected chi connectivity index (χ4v) is 3.80. The van der Waals surface area contributed by atoms with Crippen LogP contribution >= 0.6 is 22.7 Å². The van der Waals surface area contributed by atoms with E-state index in [-0.39, 0.29) is 24.4 Å². The molecular formula is C21H16F2N2O3S2. The highest BCUT2D eigenvalue weighted by Gasteiger charge is 2.03. The van der Waals surface area contributed by atoms with Crippen molar-refractivity contribution in [2.24, 2.45) is 0 Å². The molecule has 0 saturated carbocycles. The lowest BCUT2D eigenvalue weighted by atomic mass is 10.2. The van der Waals surface area contributed by atoms with Crippen LogP contribution in [0.4, 0.5) is 8.78 Å². The van der Waals surface area contributed by atoms with Gasteiger partial charge >= 0.3 is 6.15 Å². The molecule has 0 aliphatic heterocycles. The van der Waals surface area contributed by atoms with E-state index in [0.29, 0.717) is 5.69 Å². The molecule has 0 aliphatic carbocycles. The number of aromatic nitrogens is 2. The summed E-state index contributed by atoms with van der Waals surface area (Å²) in [6.45, 7) is 1.89. The van der Waals surface area contributed by atoms with Gasteiger partial charge in [0.1, 0.15) is 21.6 Å². The number of aliphatic hydroxyl groups excluding tert-OH is 1. The van der Waals surface area contributed by atoms with Crippen LogP contribution in [0.2, 0.25) is 0 Å². The molecule has 30 heavy (non-hydrogen) atoms. The second kappa shape index (κ2) is 11.8. The topological polar surface area (TPSA) is 80.2 Å². The van der Waals surface area contributed by atoms with Crippen molar-refractivity contribution < 1.29 is 23.5 Å². The summed E-state index contributed by atoms with van der Waals surface area (Å²) in [5.74, 6) is -0.468. The molecule has 4 aromatic rings. The molecule has 0 radical (unpaired) electrons. The normalized spacial score (nSPS) is 9.60. The van der Waals surface area contributed by atoms with E-state index < -0.39 is 0 Å². The van der Waals surface area contributed by atoms with E-state index in [4.69, 9.17) is 14.7 Å². The minimum absolute atomic E-state index is 0.0578. The second-order valence-electron chi connectivity index (χ2n) is 5.69. The Morgan fingerprint density at radius 1 is 0.833 bits per heavy atom. The van der Waals surface area contributed by atoms with Crippen LogP contribution in [0.15, 0.2) is 59.3 Å². The van der Waals surface area contributed by atoms with Gasteiger partial charge in [-0.1, -0.05) is 0 Å². The summed E-state index contributed by atoms with van der Waals surface area (Å²) in [5.41, 5.74) is 3.49. The molecule has 0 fully saturated rings. The van der Waals surface area contributed by atoms with Gasteiger partial charge in [-0.2, -0.15) is 9.59 Å². The van der Waals surface area contributed by atoms with Crippen molar-refractivity contribution in [1.82, 2.24) is 9.97 Å². The smallest absolute Gasteiger partial charge is 0.373 e. The minimum Gasteiger partial charge on any atom is -0.390 e. The Balaban J connectivity index is 0.000000190. The van der Waals surface area contributed by atoms with E-state index in [1.54, 1.807) is 41.0 Å². The second-order valence-corrected chi connectivity index (χ2v) is 7.41. The third-order valence-electron chi connectivity index (χ3n) is 3.52. The fourth-order valence-electron chi connectivity index (χ4n) is 2.18. The van der Waals surface area contributed by atoms with E-state index in [1.165, 1.54) is 35.6 Å². The first-order chi connectivity index (χ1) is 14.5. The van der Waals surface area contributed by atoms with Gasteiger partial charge in [-0.3, -0.25) is 0 Å². The van der Waals surface area contributed by atoms with Gasteiger partial charge in [0.25, 0.3) is 0 Å². The molecule has 0 spiro atoms. The Kier molecular flexibility index (Phi) is 9.11. The zero-order valence-electron chi connectivity index (χ0n) is 15.7. The van der Waals surface area contributed by atoms with Crippen molar-refractivity contribution in [2.45, 2.75) is 13.5 Å². The predicted octanol–water partition coefficient (Wildman–Crippen LogP) is 5.12. The van der Waals surface area contributed by atoms with Crippen LogP contribution in [-0.4, -0.2) is 21.2 Å². The zero-order chi connectivity index (χ0) is 21.9. The van der Waals surface area contributed by atoms with Crippen molar-refractivity contribution in [3.05, 3.63) is 82.3 Å². The molecule has 1 N–H and O–H groups in total. The molecule has 0 unspecified atom stereocenters. The average molecular weight is 447 g/mol. The number of benzene rings is 2. The summed E-state index contributed by atoms with van der Waals surface area (Å²) < 4.78 is 25.2. The number of halogens is 2. The van der Waals surface area contributed by atoms with Crippen LogP contribution in [0, 0.1) is 18.6 Å². The SMILES string of the molecule is Cc1csc(-c2ccc(F)cc2)n1.O=C=O.OCc1csc(-c2ccc(F)cc2)n1. The highest BCUT2D eigenvalue weighted by atomic mass is 32.1. The van der Waals surface area contributed by atoms with Crippen molar-refractivity contribution in [3.8, 4) is 21.1 Å². The number of nitrogens with zero attached hydrogens (tertiary/aromatic N) is 2. The summed E-state index contributed by atoms with van der Waals surface area (Å²) in [4.78, 5) is 24.7. The molecule has 2 aromatic heterocycles. The fraction of sp³-hybridized carbons (Fsp3) is 0.0952. The summed E-state index contributed by atoms with van der Waals surface area (Å²) in [6.07, 6.45) is 0.250. The van der Waals surface area contributed by atoms with Crippen LogP contribution < -0.4 is 0 Å². The molecule has 0 bridgehead atoms. The first kappa shape index (κ1) is 23.2. The number of aliphatic hydroxyl groups is 1. The molecule has 5 nitrogen and oxygen atoms in total. The van der Waals surface area contributed by atoms with Crippen LogP contribution in [0.3, 0.4) is 0 Å². The Labute approximate surface area is 179 Å². The Morgan fingerprint density at radius 3 is 1.63 bits per heavy atom. The summed E-state index contributed by atoms with van der Waals surface area (Å²) in [5, 5.41) is 14.3. The van der Waals surface area contributed by atoms with E-state index in [9.17, 15) is 8.78 Å². The molecule has 4 rings (SSSR count). The van der Waals surface area contributed by atoms with Gasteiger partial charge < -0.3 is 5.11 Å². The summed E-state index contributed by atoms with van der Waals surface area (Å²) in [6, 6.07) is 12.5. The lowest BCUT2D eigenvalue weighted by molar-refractivity contribution is -0.191. The van der Waals surface area contributed by atoms with Gasteiger partial charge in [-0.15, -0.1) is 22.7 Å². The molecular weight excluding hydrogens is 430 g/mol. The molecule has 2 aromatic carbocycles. The Bertz CT molecular complexity index is 1090. The Hall–Kier alpha value is -3.10. The minimum atomic E-state index is -0.257. The third kappa shape index (κ3) is 7.06. The highest BCUT2D eigenvalue weighted by molar-refractivity contribution is 7.13. The predicted molar refractivity (Wildman–Crippen MR) is 111 cm³/mol. The zero-order valence-corrected chi connectivity index (χ0v) is 17.3. The van der Waals surface area contributed by atoms with Gasteiger partial charge in [-0.05, 0) is 55.5 Å². The molecule has 2 heterocycles. The monoisotopic (exact) mass is 446 g/mol. The first-order valence-electron chi connectivity index (χ1n) is 8.45. The van der Waals surface area contributed by atoms with E-state index in [1.807, 2.05) is 12.3 Å². The van der Waals surface area contributed by atoms with Crippen molar-refractivity contribution >= 4 is 28.8 Å². The lowest BCUT2D eigenvalue weighted by Crippen LogP contribution is -1.82. The number of thiazole rings is 2. The maximum absolute atomic E-state index is 12.6. The molecule has 0 aliphatic rings. The van der Waals surface area contributed by atoms with Crippen molar-refractivity contribution in [1.29, 1.82) is 0 Å². The number of hydrogen-bond acceptors (Lipinski definition) is 7. The number of hydrogen-bond donors (Lipinski definition) is 1. The van der Waals surface area contributed by atoms with Crippen LogP contribution in [-0.2, 0) is 16.2 Å². The van der Waals surface area contributed by atoms with Crippen LogP contribution in [0.25, 0.3) is 21.1 Å². The van der Waals surface area contributed by atoms with Gasteiger partial charge in [0, 0.05) is 27.6 Å². The molecule has 154 valence electrons. The van der Waals surface area contributed by atoms with Gasteiger partial charge in [0.05, 0.1) is 12.3 Å².